The van der Waals surface area contributed by atoms with Crippen molar-refractivity contribution in [3.8, 4) is 0 Å². The molecule has 1 aliphatic rings. The highest BCUT2D eigenvalue weighted by Crippen LogP contribution is 2.32. The maximum atomic E-state index is 12.5. The first-order valence-electron chi connectivity index (χ1n) is 5.93. The molecule has 0 amide bonds. The number of halogens is 1. The van der Waals surface area contributed by atoms with Crippen LogP contribution in [-0.4, -0.2) is 41.3 Å². The Labute approximate surface area is 128 Å². The van der Waals surface area contributed by atoms with Gasteiger partial charge in [0.1, 0.15) is 6.04 Å². The standard InChI is InChI=1S/C11H11BrN2O6S/c12-8-6-7(14(17)18)3-4-10(8)21(19,20)13-5-1-2-9(13)11(15)16/h3-4,6,9H,1-2,5H2,(H,15,16)/t9-/m0/s1. The average molecular weight is 379 g/mol. The van der Waals surface area contributed by atoms with E-state index in [9.17, 15) is 23.3 Å². The van der Waals surface area contributed by atoms with E-state index in [0.29, 0.717) is 6.42 Å². The third kappa shape index (κ3) is 2.92. The first kappa shape index (κ1) is 15.9. The summed E-state index contributed by atoms with van der Waals surface area (Å²) in [5.41, 5.74) is -0.253. The molecule has 0 aromatic heterocycles. The maximum Gasteiger partial charge on any atom is 0.322 e. The van der Waals surface area contributed by atoms with Crippen LogP contribution in [-0.2, 0) is 14.8 Å². The van der Waals surface area contributed by atoms with Crippen molar-refractivity contribution in [2.24, 2.45) is 0 Å². The number of hydrogen-bond donors (Lipinski definition) is 1. The molecule has 1 aromatic carbocycles. The first-order valence-corrected chi connectivity index (χ1v) is 8.17. The summed E-state index contributed by atoms with van der Waals surface area (Å²) in [4.78, 5) is 20.9. The lowest BCUT2D eigenvalue weighted by molar-refractivity contribution is -0.385. The molecule has 1 aliphatic heterocycles. The number of nitro benzene ring substituents is 1. The van der Waals surface area contributed by atoms with E-state index in [1.807, 2.05) is 0 Å². The van der Waals surface area contributed by atoms with E-state index in [-0.39, 0.29) is 28.0 Å². The van der Waals surface area contributed by atoms with Gasteiger partial charge in [0, 0.05) is 23.2 Å². The molecule has 10 heteroatoms. The van der Waals surface area contributed by atoms with Crippen LogP contribution < -0.4 is 0 Å². The minimum Gasteiger partial charge on any atom is -0.480 e. The lowest BCUT2D eigenvalue weighted by Crippen LogP contribution is -2.40. The molecule has 0 aliphatic carbocycles. The van der Waals surface area contributed by atoms with Gasteiger partial charge in [0.05, 0.1) is 9.82 Å². The zero-order valence-corrected chi connectivity index (χ0v) is 13.0. The topological polar surface area (TPSA) is 118 Å². The normalized spacial score (nSPS) is 19.6. The summed E-state index contributed by atoms with van der Waals surface area (Å²) in [6.45, 7) is 0.114. The lowest BCUT2D eigenvalue weighted by Gasteiger charge is -2.21. The van der Waals surface area contributed by atoms with Crippen molar-refractivity contribution >= 4 is 37.6 Å². The number of sulfonamides is 1. The number of nitro groups is 1. The number of carbonyl (C=O) groups is 1. The van der Waals surface area contributed by atoms with Crippen LogP contribution in [0.4, 0.5) is 5.69 Å². The van der Waals surface area contributed by atoms with Crippen LogP contribution in [0.15, 0.2) is 27.6 Å². The van der Waals surface area contributed by atoms with Gasteiger partial charge in [0.15, 0.2) is 0 Å². The fourth-order valence-electron chi connectivity index (χ4n) is 2.21. The molecule has 1 heterocycles. The number of rotatable bonds is 4. The molecule has 2 rings (SSSR count). The Morgan fingerprint density at radius 3 is 2.67 bits per heavy atom. The van der Waals surface area contributed by atoms with Crippen LogP contribution in [0.1, 0.15) is 12.8 Å². The minimum absolute atomic E-state index is 0.0349. The summed E-state index contributed by atoms with van der Waals surface area (Å²) >= 11 is 3.00. The number of benzene rings is 1. The molecule has 0 spiro atoms. The fourth-order valence-corrected chi connectivity index (χ4v) is 4.89. The van der Waals surface area contributed by atoms with Gasteiger partial charge in [0.25, 0.3) is 5.69 Å². The van der Waals surface area contributed by atoms with Crippen molar-refractivity contribution in [3.63, 3.8) is 0 Å². The summed E-state index contributed by atoms with van der Waals surface area (Å²) in [5.74, 6) is -1.20. The quantitative estimate of drug-likeness (QED) is 0.627. The SMILES string of the molecule is O=C(O)[C@@H]1CCCN1S(=O)(=O)c1ccc([N+](=O)[O-])cc1Br. The molecule has 0 radical (unpaired) electrons. The predicted octanol–water partition coefficient (Wildman–Crippen LogP) is 1.59. The Morgan fingerprint density at radius 1 is 1.48 bits per heavy atom. The smallest absolute Gasteiger partial charge is 0.322 e. The van der Waals surface area contributed by atoms with Gasteiger partial charge < -0.3 is 5.11 Å². The summed E-state index contributed by atoms with van der Waals surface area (Å²) < 4.78 is 26.0. The van der Waals surface area contributed by atoms with Gasteiger partial charge in [-0.3, -0.25) is 14.9 Å². The highest BCUT2D eigenvalue weighted by Gasteiger charge is 2.40. The molecule has 0 bridgehead atoms. The van der Waals surface area contributed by atoms with Crippen LogP contribution in [0.25, 0.3) is 0 Å². The summed E-state index contributed by atoms with van der Waals surface area (Å²) in [6.07, 6.45) is 0.708. The number of hydrogen-bond acceptors (Lipinski definition) is 5. The maximum absolute atomic E-state index is 12.5. The largest absolute Gasteiger partial charge is 0.480 e. The second kappa shape index (κ2) is 5.70. The van der Waals surface area contributed by atoms with Crippen molar-refractivity contribution in [3.05, 3.63) is 32.8 Å². The molecule has 1 N–H and O–H groups in total. The van der Waals surface area contributed by atoms with Crippen LogP contribution in [0.5, 0.6) is 0 Å². The van der Waals surface area contributed by atoms with Gasteiger partial charge in [-0.25, -0.2) is 8.42 Å². The minimum atomic E-state index is -4.02. The summed E-state index contributed by atoms with van der Waals surface area (Å²) in [7, 11) is -4.02. The Bertz CT molecular complexity index is 705. The van der Waals surface area contributed by atoms with Crippen molar-refractivity contribution in [1.82, 2.24) is 4.31 Å². The average Bonchev–Trinajstić information content (AvgIpc) is 2.88. The number of nitrogens with zero attached hydrogens (tertiary/aromatic N) is 2. The van der Waals surface area contributed by atoms with E-state index in [2.05, 4.69) is 15.9 Å². The molecule has 21 heavy (non-hydrogen) atoms. The van der Waals surface area contributed by atoms with Gasteiger partial charge in [-0.05, 0) is 34.8 Å². The van der Waals surface area contributed by atoms with Crippen LogP contribution >= 0.6 is 15.9 Å². The van der Waals surface area contributed by atoms with E-state index in [1.54, 1.807) is 0 Å². The Balaban J connectivity index is 2.45. The lowest BCUT2D eigenvalue weighted by atomic mass is 10.2. The third-order valence-corrected chi connectivity index (χ3v) is 6.09. The van der Waals surface area contributed by atoms with E-state index in [4.69, 9.17) is 5.11 Å². The van der Waals surface area contributed by atoms with Gasteiger partial charge in [-0.2, -0.15) is 4.31 Å². The molecule has 0 saturated carbocycles. The van der Waals surface area contributed by atoms with Crippen molar-refractivity contribution in [2.45, 2.75) is 23.8 Å². The van der Waals surface area contributed by atoms with E-state index >= 15 is 0 Å². The molecule has 1 atom stereocenters. The molecule has 1 fully saturated rings. The van der Waals surface area contributed by atoms with Crippen molar-refractivity contribution in [2.75, 3.05) is 6.54 Å². The van der Waals surface area contributed by atoms with Crippen molar-refractivity contribution < 1.29 is 23.2 Å². The summed E-state index contributed by atoms with van der Waals surface area (Å²) in [6, 6.07) is 2.16. The summed E-state index contributed by atoms with van der Waals surface area (Å²) in [5, 5.41) is 19.7. The van der Waals surface area contributed by atoms with Crippen LogP contribution in [0.3, 0.4) is 0 Å². The predicted molar refractivity (Wildman–Crippen MR) is 75.3 cm³/mol. The monoisotopic (exact) mass is 378 g/mol. The van der Waals surface area contributed by atoms with Gasteiger partial charge >= 0.3 is 5.97 Å². The van der Waals surface area contributed by atoms with Crippen LogP contribution in [0.2, 0.25) is 0 Å². The Hall–Kier alpha value is -1.52. The first-order chi connectivity index (χ1) is 9.75. The fraction of sp³-hybridized carbons (Fsp3) is 0.364. The number of non-ortho nitro benzene ring substituents is 1. The molecule has 0 unspecified atom stereocenters. The van der Waals surface area contributed by atoms with Gasteiger partial charge in [-0.1, -0.05) is 0 Å². The number of carboxylic acid groups (broad SMARTS) is 1. The highest BCUT2D eigenvalue weighted by atomic mass is 79.9. The molecule has 8 nitrogen and oxygen atoms in total. The molecule has 1 saturated heterocycles. The van der Waals surface area contributed by atoms with Gasteiger partial charge in [-0.15, -0.1) is 0 Å². The zero-order valence-electron chi connectivity index (χ0n) is 10.6. The Morgan fingerprint density at radius 2 is 2.14 bits per heavy atom. The second-order valence-electron chi connectivity index (χ2n) is 4.48. The van der Waals surface area contributed by atoms with Crippen molar-refractivity contribution in [1.29, 1.82) is 0 Å². The molecular weight excluding hydrogens is 368 g/mol. The number of carboxylic acids is 1. The Kier molecular flexibility index (Phi) is 4.30. The van der Waals surface area contributed by atoms with E-state index in [1.165, 1.54) is 0 Å². The molecule has 114 valence electrons. The van der Waals surface area contributed by atoms with Crippen LogP contribution in [0, 0.1) is 10.1 Å². The second-order valence-corrected chi connectivity index (χ2v) is 7.20. The highest BCUT2D eigenvalue weighted by molar-refractivity contribution is 9.10. The molecular formula is C11H11BrN2O6S. The number of aliphatic carboxylic acids is 1. The van der Waals surface area contributed by atoms with E-state index < -0.39 is 27.0 Å². The molecule has 1 aromatic rings. The zero-order chi connectivity index (χ0) is 15.8. The van der Waals surface area contributed by atoms with Gasteiger partial charge in [0.2, 0.25) is 10.0 Å². The third-order valence-electron chi connectivity index (χ3n) is 3.20. The van der Waals surface area contributed by atoms with E-state index in [0.717, 1.165) is 22.5 Å².